The monoisotopic (exact) mass is 751 g/mol. The highest BCUT2D eigenvalue weighted by Gasteiger charge is 2.43. The van der Waals surface area contributed by atoms with Crippen molar-refractivity contribution in [3.8, 4) is 0 Å². The first-order chi connectivity index (χ1) is 24.0. The molecule has 0 aliphatic carbocycles. The van der Waals surface area contributed by atoms with Crippen molar-refractivity contribution in [2.45, 2.75) is 112 Å². The molecule has 0 spiro atoms. The van der Waals surface area contributed by atoms with Gasteiger partial charge in [-0.25, -0.2) is 14.4 Å². The minimum absolute atomic E-state index is 0.0596. The van der Waals surface area contributed by atoms with Crippen molar-refractivity contribution in [1.29, 1.82) is 0 Å². The fourth-order valence-corrected chi connectivity index (χ4v) is 10.0. The van der Waals surface area contributed by atoms with E-state index in [-0.39, 0.29) is 61.3 Å². The van der Waals surface area contributed by atoms with Crippen LogP contribution in [0.3, 0.4) is 0 Å². The Hall–Kier alpha value is -3.35. The molecule has 0 bridgehead atoms. The summed E-state index contributed by atoms with van der Waals surface area (Å²) in [4.78, 5) is 73.9. The van der Waals surface area contributed by atoms with Gasteiger partial charge in [0, 0.05) is 71.1 Å². The first kappa shape index (κ1) is 37.9. The van der Waals surface area contributed by atoms with Gasteiger partial charge in [-0.15, -0.1) is 5.06 Å². The molecular weight excluding hydrogens is 709 g/mol. The van der Waals surface area contributed by atoms with Crippen LogP contribution in [0.5, 0.6) is 0 Å². The van der Waals surface area contributed by atoms with E-state index in [1.807, 2.05) is 35.7 Å². The smallest absolute Gasteiger partial charge is 0.333 e. The number of nitrogens with zero attached hydrogens (tertiary/aromatic N) is 1. The molecule has 50 heavy (non-hydrogen) atoms. The fourth-order valence-electron chi connectivity index (χ4n) is 6.62. The van der Waals surface area contributed by atoms with Crippen LogP contribution in [0.4, 0.5) is 15.3 Å². The zero-order valence-electron chi connectivity index (χ0n) is 27.5. The second kappa shape index (κ2) is 18.2. The molecule has 5 fully saturated rings. The molecular formula is C32H43N6O9S3-. The molecule has 18 heteroatoms. The van der Waals surface area contributed by atoms with Gasteiger partial charge in [0.05, 0.1) is 24.2 Å². The summed E-state index contributed by atoms with van der Waals surface area (Å²) < 4.78 is 23.4. The van der Waals surface area contributed by atoms with Crippen molar-refractivity contribution in [3.05, 3.63) is 29.8 Å². The third kappa shape index (κ3) is 10.8. The highest BCUT2D eigenvalue weighted by Crippen LogP contribution is 2.34. The van der Waals surface area contributed by atoms with E-state index in [0.717, 1.165) is 49.2 Å². The van der Waals surface area contributed by atoms with Crippen LogP contribution in [0.2, 0.25) is 0 Å². The molecule has 5 N–H and O–H groups in total. The molecule has 5 aliphatic heterocycles. The maximum atomic E-state index is 12.1. The third-order valence-electron chi connectivity index (χ3n) is 9.24. The number of thioether (sulfide) groups is 2. The second-order valence-corrected chi connectivity index (χ2v) is 16.1. The number of fused-ring (bicyclic) bond motifs is 2. The van der Waals surface area contributed by atoms with E-state index in [2.05, 4.69) is 26.0 Å². The zero-order valence-corrected chi connectivity index (χ0v) is 30.0. The van der Waals surface area contributed by atoms with Crippen molar-refractivity contribution >= 4 is 76.1 Å². The van der Waals surface area contributed by atoms with E-state index in [0.29, 0.717) is 46.9 Å². The topological polar surface area (TPSA) is 215 Å². The van der Waals surface area contributed by atoms with Gasteiger partial charge in [-0.1, -0.05) is 25.0 Å². The van der Waals surface area contributed by atoms with Gasteiger partial charge in [0.1, 0.15) is 5.78 Å². The molecule has 5 saturated heterocycles. The molecule has 6 rings (SSSR count). The maximum absolute atomic E-state index is 12.1. The number of Topliss-reactive ketones (excluding diaryl/α,β-unsaturated/α-hetero) is 1. The quantitative estimate of drug-likeness (QED) is 0.0716. The number of hydroxylamine groups is 2. The maximum Gasteiger partial charge on any atom is 0.333 e. The Morgan fingerprint density at radius 1 is 0.800 bits per heavy atom. The molecule has 1 aromatic carbocycles. The molecule has 5 heterocycles. The van der Waals surface area contributed by atoms with Crippen LogP contribution in [0.1, 0.15) is 76.2 Å². The summed E-state index contributed by atoms with van der Waals surface area (Å²) in [7, 11) is 0. The number of ketones is 1. The van der Waals surface area contributed by atoms with E-state index < -0.39 is 29.1 Å². The first-order valence-electron chi connectivity index (χ1n) is 17.0. The molecule has 3 unspecified atom stereocenters. The summed E-state index contributed by atoms with van der Waals surface area (Å²) in [5.41, 5.74) is 1.53. The van der Waals surface area contributed by atoms with Crippen LogP contribution < -0.4 is 26.0 Å². The van der Waals surface area contributed by atoms with Crippen LogP contribution in [-0.4, -0.2) is 95.6 Å². The number of aryl methyl sites for hydroxylation is 1. The average Bonchev–Trinajstić information content (AvgIpc) is 3.89. The fraction of sp³-hybridized carbons (Fsp3) is 0.625. The second-order valence-electron chi connectivity index (χ2n) is 12.9. The van der Waals surface area contributed by atoms with Crippen molar-refractivity contribution in [3.63, 3.8) is 0 Å². The van der Waals surface area contributed by atoms with Crippen LogP contribution in [-0.2, 0) is 41.7 Å². The molecule has 5 aliphatic rings. The minimum Gasteiger partial charge on any atom is -0.755 e. The number of hydrogen-bond donors (Lipinski definition) is 5. The lowest BCUT2D eigenvalue weighted by atomic mass is 10.0. The van der Waals surface area contributed by atoms with Gasteiger partial charge in [0.2, 0.25) is 0 Å². The lowest BCUT2D eigenvalue weighted by molar-refractivity contribution is -0.197. The highest BCUT2D eigenvalue weighted by atomic mass is 32.2. The number of hydrogen-bond acceptors (Lipinski definition) is 11. The highest BCUT2D eigenvalue weighted by molar-refractivity contribution is 8.00. The lowest BCUT2D eigenvalue weighted by Gasteiger charge is -2.16. The Balaban J connectivity index is 0.000000197. The molecule has 15 nitrogen and oxygen atoms in total. The summed E-state index contributed by atoms with van der Waals surface area (Å²) in [6.45, 7) is 0. The van der Waals surface area contributed by atoms with Gasteiger partial charge in [-0.3, -0.25) is 18.6 Å². The number of rotatable bonds is 16. The van der Waals surface area contributed by atoms with Crippen LogP contribution in [0.25, 0.3) is 0 Å². The number of carbonyl (C=O) groups is 6. The predicted molar refractivity (Wildman–Crippen MR) is 187 cm³/mol. The van der Waals surface area contributed by atoms with E-state index >= 15 is 0 Å². The van der Waals surface area contributed by atoms with Gasteiger partial charge in [-0.05, 0) is 49.8 Å². The van der Waals surface area contributed by atoms with Gasteiger partial charge >= 0.3 is 18.0 Å². The first-order valence-corrected chi connectivity index (χ1v) is 20.1. The van der Waals surface area contributed by atoms with Crippen LogP contribution in [0.15, 0.2) is 24.3 Å². The number of anilines is 1. The van der Waals surface area contributed by atoms with E-state index in [9.17, 15) is 37.5 Å². The van der Waals surface area contributed by atoms with Gasteiger partial charge in [0.25, 0.3) is 11.8 Å². The SMILES string of the molecule is O=C(CCCCC1SC[C@@H]2NC(=O)N[C@H]12)CCc1ccc(NS(=O)[O-])cc1.O=C1N[C@H]2CSC(CCCCC(=O)ON3C(=O)CCC3=O)[C@H]2N1. The molecule has 1 aromatic rings. The van der Waals surface area contributed by atoms with Gasteiger partial charge in [-0.2, -0.15) is 23.5 Å². The standard InChI is InChI=1S/C18H25N3O4S2.C14H19N3O5S/c22-14(10-7-12-5-8-13(9-6-12)21-27(24)25)3-1-2-4-16-17-15(11-26-16)19-18(23)20-17;18-10-5-6-11(19)17(10)22-12(20)4-2-1-3-9-13-8(7-23-9)15-14(21)16-13/h5-6,8-9,15-17,21H,1-4,7,10-11H2,(H,24,25)(H2,19,20,23);8-9,13H,1-7H2,(H2,15,16,21)/p-1/t15-,16?,17-;8-,9?,13-/m00/s1. The molecule has 0 saturated carbocycles. The number of carbonyl (C=O) groups excluding carboxylic acids is 6. The molecule has 0 aromatic heterocycles. The Morgan fingerprint density at radius 2 is 1.34 bits per heavy atom. The summed E-state index contributed by atoms with van der Waals surface area (Å²) in [6, 6.07) is 7.75. The van der Waals surface area contributed by atoms with Gasteiger partial charge < -0.3 is 35.4 Å². The summed E-state index contributed by atoms with van der Waals surface area (Å²) >= 11 is 1.41. The van der Waals surface area contributed by atoms with Gasteiger partial charge in [0.15, 0.2) is 0 Å². The number of nitrogens with one attached hydrogen (secondary N) is 5. The molecule has 0 radical (unpaired) electrons. The number of unbranched alkanes of at least 4 members (excludes halogenated alkanes) is 2. The summed E-state index contributed by atoms with van der Waals surface area (Å²) in [5, 5.41) is 13.1. The minimum atomic E-state index is -2.32. The van der Waals surface area contributed by atoms with E-state index in [1.165, 1.54) is 0 Å². The number of urea groups is 2. The van der Waals surface area contributed by atoms with Crippen molar-refractivity contribution in [2.75, 3.05) is 16.2 Å². The third-order valence-corrected chi connectivity index (χ3v) is 12.7. The largest absolute Gasteiger partial charge is 0.755 e. The van der Waals surface area contributed by atoms with E-state index in [1.54, 1.807) is 12.1 Å². The Kier molecular flexibility index (Phi) is 13.8. The Bertz CT molecular complexity index is 1430. The lowest BCUT2D eigenvalue weighted by Crippen LogP contribution is -2.36. The predicted octanol–water partition coefficient (Wildman–Crippen LogP) is 2.44. The Labute approximate surface area is 301 Å². The summed E-state index contributed by atoms with van der Waals surface area (Å²) in [5.74, 6) is 0.663. The molecule has 274 valence electrons. The summed E-state index contributed by atoms with van der Waals surface area (Å²) in [6.07, 6.45) is 7.40. The number of imide groups is 1. The number of amides is 6. The van der Waals surface area contributed by atoms with Crippen molar-refractivity contribution < 1.29 is 42.4 Å². The number of benzene rings is 1. The van der Waals surface area contributed by atoms with Crippen LogP contribution >= 0.6 is 23.5 Å². The van der Waals surface area contributed by atoms with Crippen molar-refractivity contribution in [2.24, 2.45) is 0 Å². The normalized spacial score (nSPS) is 26.9. The molecule has 7 atom stereocenters. The molecule has 6 amide bonds. The van der Waals surface area contributed by atoms with E-state index in [4.69, 9.17) is 4.84 Å². The zero-order chi connectivity index (χ0) is 35.6. The van der Waals surface area contributed by atoms with Crippen molar-refractivity contribution in [1.82, 2.24) is 26.3 Å². The average molecular weight is 752 g/mol. The Morgan fingerprint density at radius 3 is 1.88 bits per heavy atom. The van der Waals surface area contributed by atoms with Crippen LogP contribution in [0, 0.1) is 0 Å².